The number of carbonyl (C=O) groups is 1. The number of aryl methyl sites for hydroxylation is 1. The Labute approximate surface area is 90.7 Å². The Hall–Kier alpha value is -1.25. The molecule has 0 unspecified atom stereocenters. The lowest BCUT2D eigenvalue weighted by Gasteiger charge is -2.22. The maximum Gasteiger partial charge on any atom is 0.222 e. The molecule has 0 N–H and O–H groups in total. The van der Waals surface area contributed by atoms with Crippen LogP contribution < -0.4 is 0 Å². The van der Waals surface area contributed by atoms with Crippen LogP contribution in [0.2, 0.25) is 0 Å². The van der Waals surface area contributed by atoms with E-state index in [1.807, 2.05) is 31.1 Å². The quantitative estimate of drug-likeness (QED) is 0.739. The third-order valence-electron chi connectivity index (χ3n) is 2.99. The number of amides is 1. The molecule has 1 aromatic rings. The molecule has 1 aliphatic rings. The molecular formula is C12H18N2O. The first-order chi connectivity index (χ1) is 7.22. The molecule has 1 aliphatic carbocycles. The number of hydrogen-bond acceptors (Lipinski definition) is 1. The van der Waals surface area contributed by atoms with Gasteiger partial charge in [0.05, 0.1) is 6.54 Å². The summed E-state index contributed by atoms with van der Waals surface area (Å²) in [6.45, 7) is 2.70. The molecule has 3 heteroatoms. The summed E-state index contributed by atoms with van der Waals surface area (Å²) in [6.07, 6.45) is 4.99. The monoisotopic (exact) mass is 206 g/mol. The normalized spacial score (nSPS) is 15.3. The van der Waals surface area contributed by atoms with Crippen LogP contribution in [0.4, 0.5) is 0 Å². The zero-order valence-corrected chi connectivity index (χ0v) is 9.44. The van der Waals surface area contributed by atoms with Crippen LogP contribution in [0.5, 0.6) is 0 Å². The highest BCUT2D eigenvalue weighted by atomic mass is 16.2. The summed E-state index contributed by atoms with van der Waals surface area (Å²) in [7, 11) is 2.02. The van der Waals surface area contributed by atoms with E-state index >= 15 is 0 Å². The topological polar surface area (TPSA) is 25.2 Å². The van der Waals surface area contributed by atoms with Gasteiger partial charge in [-0.05, 0) is 25.0 Å². The minimum Gasteiger partial charge on any atom is -0.353 e. The molecule has 0 radical (unpaired) electrons. The predicted molar refractivity (Wildman–Crippen MR) is 59.3 cm³/mol. The Bertz CT molecular complexity index is 352. The van der Waals surface area contributed by atoms with Crippen molar-refractivity contribution in [2.45, 2.75) is 38.8 Å². The minimum atomic E-state index is 0.277. The first-order valence-corrected chi connectivity index (χ1v) is 5.62. The lowest BCUT2D eigenvalue weighted by atomic mass is 10.3. The Morgan fingerprint density at radius 3 is 2.80 bits per heavy atom. The van der Waals surface area contributed by atoms with Gasteiger partial charge in [-0.3, -0.25) is 4.79 Å². The van der Waals surface area contributed by atoms with Crippen molar-refractivity contribution in [1.29, 1.82) is 0 Å². The Balaban J connectivity index is 2.06. The number of aromatic nitrogens is 1. The Kier molecular flexibility index (Phi) is 2.80. The fourth-order valence-electron chi connectivity index (χ4n) is 1.85. The Morgan fingerprint density at radius 2 is 2.33 bits per heavy atom. The van der Waals surface area contributed by atoms with Gasteiger partial charge in [0.25, 0.3) is 0 Å². The lowest BCUT2D eigenvalue weighted by Crippen LogP contribution is -2.32. The van der Waals surface area contributed by atoms with Gasteiger partial charge in [-0.2, -0.15) is 0 Å². The van der Waals surface area contributed by atoms with Crippen LogP contribution in [0.1, 0.15) is 31.9 Å². The third-order valence-corrected chi connectivity index (χ3v) is 2.99. The van der Waals surface area contributed by atoms with Crippen LogP contribution in [-0.4, -0.2) is 21.4 Å². The number of carbonyl (C=O) groups excluding carboxylic acids is 1. The summed E-state index contributed by atoms with van der Waals surface area (Å²) in [5.41, 5.74) is 1.21. The molecule has 0 bridgehead atoms. The first kappa shape index (κ1) is 10.3. The number of rotatable bonds is 4. The fourth-order valence-corrected chi connectivity index (χ4v) is 1.85. The summed E-state index contributed by atoms with van der Waals surface area (Å²) in [5, 5.41) is 0. The SMILES string of the molecule is CCC(=O)N(Cc1cccn1C)C1CC1. The zero-order chi connectivity index (χ0) is 10.8. The first-order valence-electron chi connectivity index (χ1n) is 5.62. The van der Waals surface area contributed by atoms with Gasteiger partial charge in [-0.25, -0.2) is 0 Å². The van der Waals surface area contributed by atoms with E-state index in [4.69, 9.17) is 0 Å². The van der Waals surface area contributed by atoms with E-state index in [0.29, 0.717) is 12.5 Å². The van der Waals surface area contributed by atoms with Crippen molar-refractivity contribution in [3.8, 4) is 0 Å². The second-order valence-corrected chi connectivity index (χ2v) is 4.22. The van der Waals surface area contributed by atoms with Gasteiger partial charge in [0, 0.05) is 31.4 Å². The molecule has 0 spiro atoms. The van der Waals surface area contributed by atoms with Gasteiger partial charge >= 0.3 is 0 Å². The number of nitrogens with zero attached hydrogens (tertiary/aromatic N) is 2. The highest BCUT2D eigenvalue weighted by Crippen LogP contribution is 2.28. The van der Waals surface area contributed by atoms with Crippen LogP contribution in [0.25, 0.3) is 0 Å². The van der Waals surface area contributed by atoms with E-state index in [2.05, 4.69) is 10.6 Å². The maximum absolute atomic E-state index is 11.7. The van der Waals surface area contributed by atoms with E-state index in [-0.39, 0.29) is 5.91 Å². The molecular weight excluding hydrogens is 188 g/mol. The average Bonchev–Trinajstić information content (AvgIpc) is 2.99. The molecule has 2 rings (SSSR count). The fraction of sp³-hybridized carbons (Fsp3) is 0.583. The van der Waals surface area contributed by atoms with E-state index in [9.17, 15) is 4.79 Å². The highest BCUT2D eigenvalue weighted by molar-refractivity contribution is 5.76. The van der Waals surface area contributed by atoms with Gasteiger partial charge in [0.1, 0.15) is 0 Å². The summed E-state index contributed by atoms with van der Waals surface area (Å²) in [4.78, 5) is 13.8. The molecule has 1 amide bonds. The van der Waals surface area contributed by atoms with Crippen LogP contribution in [0, 0.1) is 0 Å². The molecule has 0 aromatic carbocycles. The molecule has 0 saturated heterocycles. The number of hydrogen-bond donors (Lipinski definition) is 0. The Morgan fingerprint density at radius 1 is 1.60 bits per heavy atom. The molecule has 0 atom stereocenters. The minimum absolute atomic E-state index is 0.277. The summed E-state index contributed by atoms with van der Waals surface area (Å²) in [5.74, 6) is 0.277. The van der Waals surface area contributed by atoms with Crippen molar-refractivity contribution in [2.24, 2.45) is 7.05 Å². The lowest BCUT2D eigenvalue weighted by molar-refractivity contribution is -0.132. The van der Waals surface area contributed by atoms with Crippen LogP contribution in [-0.2, 0) is 18.4 Å². The van der Waals surface area contributed by atoms with E-state index < -0.39 is 0 Å². The van der Waals surface area contributed by atoms with E-state index in [0.717, 1.165) is 6.54 Å². The van der Waals surface area contributed by atoms with Crippen molar-refractivity contribution in [3.05, 3.63) is 24.0 Å². The van der Waals surface area contributed by atoms with Gasteiger partial charge in [-0.15, -0.1) is 0 Å². The molecule has 82 valence electrons. The largest absolute Gasteiger partial charge is 0.353 e. The molecule has 1 heterocycles. The zero-order valence-electron chi connectivity index (χ0n) is 9.44. The third kappa shape index (κ3) is 2.22. The van der Waals surface area contributed by atoms with Crippen molar-refractivity contribution in [3.63, 3.8) is 0 Å². The van der Waals surface area contributed by atoms with Crippen LogP contribution >= 0.6 is 0 Å². The van der Waals surface area contributed by atoms with Gasteiger partial charge < -0.3 is 9.47 Å². The van der Waals surface area contributed by atoms with E-state index in [1.54, 1.807) is 0 Å². The summed E-state index contributed by atoms with van der Waals surface area (Å²) in [6, 6.07) is 4.61. The standard InChI is InChI=1S/C12H18N2O/c1-3-12(15)14(10-6-7-10)9-11-5-4-8-13(11)2/h4-5,8,10H,3,6-7,9H2,1-2H3. The molecule has 1 saturated carbocycles. The average molecular weight is 206 g/mol. The summed E-state index contributed by atoms with van der Waals surface area (Å²) >= 11 is 0. The van der Waals surface area contributed by atoms with Gasteiger partial charge in [0.15, 0.2) is 0 Å². The second-order valence-electron chi connectivity index (χ2n) is 4.22. The van der Waals surface area contributed by atoms with Crippen molar-refractivity contribution in [2.75, 3.05) is 0 Å². The van der Waals surface area contributed by atoms with Gasteiger partial charge in [-0.1, -0.05) is 6.92 Å². The molecule has 1 fully saturated rings. The van der Waals surface area contributed by atoms with Crippen molar-refractivity contribution >= 4 is 5.91 Å². The summed E-state index contributed by atoms with van der Waals surface area (Å²) < 4.78 is 2.08. The second kappa shape index (κ2) is 4.09. The molecule has 1 aromatic heterocycles. The molecule has 3 nitrogen and oxygen atoms in total. The maximum atomic E-state index is 11.7. The molecule has 0 aliphatic heterocycles. The van der Waals surface area contributed by atoms with Crippen LogP contribution in [0.3, 0.4) is 0 Å². The molecule has 15 heavy (non-hydrogen) atoms. The smallest absolute Gasteiger partial charge is 0.222 e. The van der Waals surface area contributed by atoms with Crippen LogP contribution in [0.15, 0.2) is 18.3 Å². The van der Waals surface area contributed by atoms with Gasteiger partial charge in [0.2, 0.25) is 5.91 Å². The van der Waals surface area contributed by atoms with Crippen molar-refractivity contribution < 1.29 is 4.79 Å². The van der Waals surface area contributed by atoms with Crippen molar-refractivity contribution in [1.82, 2.24) is 9.47 Å². The highest BCUT2D eigenvalue weighted by Gasteiger charge is 2.31. The predicted octanol–water partition coefficient (Wildman–Crippen LogP) is 1.93. The van der Waals surface area contributed by atoms with E-state index in [1.165, 1.54) is 18.5 Å².